The number of nitrogens with zero attached hydrogens (tertiary/aromatic N) is 2. The lowest BCUT2D eigenvalue weighted by atomic mass is 10.1. The van der Waals surface area contributed by atoms with Crippen molar-refractivity contribution in [1.29, 1.82) is 0 Å². The summed E-state index contributed by atoms with van der Waals surface area (Å²) in [7, 11) is 1.92. The van der Waals surface area contributed by atoms with Gasteiger partial charge in [-0.3, -0.25) is 0 Å². The summed E-state index contributed by atoms with van der Waals surface area (Å²) in [5.74, 6) is 0.761. The van der Waals surface area contributed by atoms with Crippen molar-refractivity contribution >= 4 is 0 Å². The highest BCUT2D eigenvalue weighted by Crippen LogP contribution is 2.19. The molecular formula is C14H18FN3O. The number of aromatic nitrogens is 2. The molecule has 1 unspecified atom stereocenters. The van der Waals surface area contributed by atoms with E-state index in [0.29, 0.717) is 35.3 Å². The molecule has 1 aromatic heterocycles. The fourth-order valence-corrected chi connectivity index (χ4v) is 1.69. The summed E-state index contributed by atoms with van der Waals surface area (Å²) >= 11 is 0. The van der Waals surface area contributed by atoms with Crippen LogP contribution in [-0.4, -0.2) is 23.2 Å². The molecule has 0 aliphatic rings. The van der Waals surface area contributed by atoms with Gasteiger partial charge in [-0.1, -0.05) is 17.3 Å². The van der Waals surface area contributed by atoms with Crippen LogP contribution in [0.2, 0.25) is 0 Å². The molecule has 1 atom stereocenters. The van der Waals surface area contributed by atoms with Crippen molar-refractivity contribution in [3.05, 3.63) is 35.5 Å². The van der Waals surface area contributed by atoms with Gasteiger partial charge in [0.05, 0.1) is 0 Å². The average Bonchev–Trinajstić information content (AvgIpc) is 2.88. The highest BCUT2D eigenvalue weighted by molar-refractivity contribution is 5.54. The molecule has 19 heavy (non-hydrogen) atoms. The zero-order valence-electron chi connectivity index (χ0n) is 11.4. The first-order chi connectivity index (χ1) is 9.10. The van der Waals surface area contributed by atoms with E-state index in [0.717, 1.165) is 6.42 Å². The summed E-state index contributed by atoms with van der Waals surface area (Å²) in [6.07, 6.45) is 1.63. The Morgan fingerprint density at radius 2 is 2.21 bits per heavy atom. The van der Waals surface area contributed by atoms with Crippen molar-refractivity contribution in [1.82, 2.24) is 15.5 Å². The van der Waals surface area contributed by atoms with Crippen LogP contribution in [0.15, 0.2) is 22.7 Å². The molecule has 2 aromatic rings. The molecule has 0 amide bonds. The number of benzene rings is 1. The third-order valence-electron chi connectivity index (χ3n) is 3.18. The van der Waals surface area contributed by atoms with Crippen LogP contribution in [0.1, 0.15) is 24.8 Å². The molecule has 0 fully saturated rings. The van der Waals surface area contributed by atoms with Crippen molar-refractivity contribution in [3.8, 4) is 11.4 Å². The lowest BCUT2D eigenvalue weighted by Crippen LogP contribution is -2.21. The van der Waals surface area contributed by atoms with Crippen LogP contribution in [0.4, 0.5) is 4.39 Å². The number of nitrogens with one attached hydrogen (secondary N) is 1. The normalized spacial score (nSPS) is 12.6. The van der Waals surface area contributed by atoms with Gasteiger partial charge in [-0.2, -0.15) is 4.98 Å². The Labute approximate surface area is 112 Å². The van der Waals surface area contributed by atoms with Crippen molar-refractivity contribution < 1.29 is 8.91 Å². The van der Waals surface area contributed by atoms with E-state index in [1.54, 1.807) is 19.1 Å². The van der Waals surface area contributed by atoms with E-state index in [1.807, 2.05) is 7.05 Å². The van der Waals surface area contributed by atoms with Crippen LogP contribution in [-0.2, 0) is 6.42 Å². The lowest BCUT2D eigenvalue weighted by Gasteiger charge is -2.06. The van der Waals surface area contributed by atoms with Crippen LogP contribution in [0.3, 0.4) is 0 Å². The van der Waals surface area contributed by atoms with Gasteiger partial charge in [-0.25, -0.2) is 4.39 Å². The molecule has 0 saturated carbocycles. The second-order valence-electron chi connectivity index (χ2n) is 4.70. The largest absolute Gasteiger partial charge is 0.339 e. The van der Waals surface area contributed by atoms with Crippen molar-refractivity contribution in [2.45, 2.75) is 32.7 Å². The third kappa shape index (κ3) is 3.38. The number of hydrogen-bond donors (Lipinski definition) is 1. The predicted molar refractivity (Wildman–Crippen MR) is 71.3 cm³/mol. The zero-order chi connectivity index (χ0) is 13.8. The molecule has 0 bridgehead atoms. The summed E-state index contributed by atoms with van der Waals surface area (Å²) in [5.41, 5.74) is 1.25. The van der Waals surface area contributed by atoms with E-state index >= 15 is 0 Å². The molecule has 1 heterocycles. The molecule has 0 saturated heterocycles. The molecule has 5 heteroatoms. The Bertz CT molecular complexity index is 553. The Hall–Kier alpha value is -1.75. The van der Waals surface area contributed by atoms with Crippen LogP contribution >= 0.6 is 0 Å². The van der Waals surface area contributed by atoms with E-state index in [9.17, 15) is 4.39 Å². The van der Waals surface area contributed by atoms with Gasteiger partial charge < -0.3 is 9.84 Å². The Balaban J connectivity index is 2.09. The van der Waals surface area contributed by atoms with Crippen molar-refractivity contribution in [2.75, 3.05) is 7.05 Å². The number of rotatable bonds is 5. The first kappa shape index (κ1) is 13.7. The third-order valence-corrected chi connectivity index (χ3v) is 3.18. The number of halogens is 1. The average molecular weight is 263 g/mol. The second-order valence-corrected chi connectivity index (χ2v) is 4.70. The van der Waals surface area contributed by atoms with E-state index in [1.165, 1.54) is 6.07 Å². The van der Waals surface area contributed by atoms with E-state index in [-0.39, 0.29) is 5.82 Å². The Kier molecular flexibility index (Phi) is 4.27. The molecule has 0 aliphatic heterocycles. The first-order valence-electron chi connectivity index (χ1n) is 6.36. The fraction of sp³-hybridized carbons (Fsp3) is 0.429. The van der Waals surface area contributed by atoms with Gasteiger partial charge in [0.25, 0.3) is 0 Å². The Morgan fingerprint density at radius 1 is 1.42 bits per heavy atom. The van der Waals surface area contributed by atoms with Gasteiger partial charge in [0.2, 0.25) is 11.7 Å². The minimum Gasteiger partial charge on any atom is -0.339 e. The fourth-order valence-electron chi connectivity index (χ4n) is 1.69. The smallest absolute Gasteiger partial charge is 0.227 e. The zero-order valence-corrected chi connectivity index (χ0v) is 11.4. The lowest BCUT2D eigenvalue weighted by molar-refractivity contribution is 0.369. The minimum atomic E-state index is -0.257. The first-order valence-corrected chi connectivity index (χ1v) is 6.36. The van der Waals surface area contributed by atoms with Crippen LogP contribution < -0.4 is 5.32 Å². The molecule has 1 aromatic carbocycles. The van der Waals surface area contributed by atoms with Crippen LogP contribution in [0, 0.1) is 12.7 Å². The van der Waals surface area contributed by atoms with Crippen LogP contribution in [0.25, 0.3) is 11.4 Å². The van der Waals surface area contributed by atoms with Crippen LogP contribution in [0.5, 0.6) is 0 Å². The summed E-state index contributed by atoms with van der Waals surface area (Å²) in [6, 6.07) is 5.33. The number of aryl methyl sites for hydroxylation is 2. The second kappa shape index (κ2) is 5.93. The summed E-state index contributed by atoms with van der Waals surface area (Å²) in [5, 5.41) is 7.04. The maximum Gasteiger partial charge on any atom is 0.227 e. The van der Waals surface area contributed by atoms with E-state index in [2.05, 4.69) is 22.4 Å². The van der Waals surface area contributed by atoms with Gasteiger partial charge in [-0.05, 0) is 38.9 Å². The molecule has 0 spiro atoms. The maximum atomic E-state index is 13.5. The molecule has 1 N–H and O–H groups in total. The van der Waals surface area contributed by atoms with Gasteiger partial charge >= 0.3 is 0 Å². The van der Waals surface area contributed by atoms with Crippen molar-refractivity contribution in [2.24, 2.45) is 0 Å². The Morgan fingerprint density at radius 3 is 2.89 bits per heavy atom. The van der Waals surface area contributed by atoms with Gasteiger partial charge in [0.15, 0.2) is 0 Å². The van der Waals surface area contributed by atoms with Gasteiger partial charge in [-0.15, -0.1) is 0 Å². The molecule has 0 aliphatic carbocycles. The molecule has 0 radical (unpaired) electrons. The molecule has 2 rings (SSSR count). The monoisotopic (exact) mass is 263 g/mol. The minimum absolute atomic E-state index is 0.257. The van der Waals surface area contributed by atoms with Gasteiger partial charge in [0, 0.05) is 18.0 Å². The topological polar surface area (TPSA) is 51.0 Å². The van der Waals surface area contributed by atoms with Crippen molar-refractivity contribution in [3.63, 3.8) is 0 Å². The molecular weight excluding hydrogens is 245 g/mol. The van der Waals surface area contributed by atoms with E-state index in [4.69, 9.17) is 4.52 Å². The maximum absolute atomic E-state index is 13.5. The standard InChI is InChI=1S/C14H18FN3O/c1-9-4-6-11(8-12(9)15)14-17-13(19-18-14)7-5-10(2)16-3/h4,6,8,10,16H,5,7H2,1-3H3. The SMILES string of the molecule is CNC(C)CCc1nc(-c2ccc(C)c(F)c2)no1. The predicted octanol–water partition coefficient (Wildman–Crippen LogP) is 2.72. The number of hydrogen-bond acceptors (Lipinski definition) is 4. The summed E-state index contributed by atoms with van der Waals surface area (Å²) in [6.45, 7) is 3.81. The summed E-state index contributed by atoms with van der Waals surface area (Å²) < 4.78 is 18.6. The molecule has 102 valence electrons. The van der Waals surface area contributed by atoms with E-state index < -0.39 is 0 Å². The highest BCUT2D eigenvalue weighted by Gasteiger charge is 2.11. The molecule has 4 nitrogen and oxygen atoms in total. The highest BCUT2D eigenvalue weighted by atomic mass is 19.1. The summed E-state index contributed by atoms with van der Waals surface area (Å²) in [4.78, 5) is 4.29. The van der Waals surface area contributed by atoms with Gasteiger partial charge in [0.1, 0.15) is 5.82 Å². The quantitative estimate of drug-likeness (QED) is 0.901.